The minimum atomic E-state index is -1.88. The van der Waals surface area contributed by atoms with Crippen molar-refractivity contribution in [2.24, 2.45) is 0 Å². The topological polar surface area (TPSA) is 29.5 Å². The molecule has 0 aromatic heterocycles. The van der Waals surface area contributed by atoms with E-state index in [2.05, 4.69) is 47.6 Å². The zero-order chi connectivity index (χ0) is 15.5. The molecule has 116 valence electrons. The Morgan fingerprint density at radius 3 is 1.95 bits per heavy atom. The number of rotatable bonds is 6. The van der Waals surface area contributed by atoms with Crippen LogP contribution in [-0.4, -0.2) is 25.3 Å². The van der Waals surface area contributed by atoms with E-state index in [0.717, 1.165) is 16.4 Å². The van der Waals surface area contributed by atoms with Gasteiger partial charge in [0.05, 0.1) is 6.10 Å². The Morgan fingerprint density at radius 1 is 1.05 bits per heavy atom. The lowest BCUT2D eigenvalue weighted by molar-refractivity contribution is 0.239. The van der Waals surface area contributed by atoms with Crippen LogP contribution in [0.1, 0.15) is 48.5 Å². The van der Waals surface area contributed by atoms with Gasteiger partial charge in [-0.15, -0.1) is 11.8 Å². The summed E-state index contributed by atoms with van der Waals surface area (Å²) in [6.07, 6.45) is 3.79. The van der Waals surface area contributed by atoms with Crippen molar-refractivity contribution in [3.05, 3.63) is 22.8 Å². The van der Waals surface area contributed by atoms with Gasteiger partial charge in [0.1, 0.15) is 5.76 Å². The lowest BCUT2D eigenvalue weighted by Crippen LogP contribution is -2.47. The summed E-state index contributed by atoms with van der Waals surface area (Å²) in [7, 11) is -1.88. The highest BCUT2D eigenvalue weighted by Crippen LogP contribution is 2.44. The second-order valence-corrected chi connectivity index (χ2v) is 13.0. The van der Waals surface area contributed by atoms with E-state index in [1.165, 1.54) is 0 Å². The number of thioether (sulfide) groups is 1. The van der Waals surface area contributed by atoms with Crippen molar-refractivity contribution in [3.63, 3.8) is 0 Å². The van der Waals surface area contributed by atoms with Crippen molar-refractivity contribution in [1.82, 2.24) is 0 Å². The van der Waals surface area contributed by atoms with Crippen molar-refractivity contribution in [1.29, 1.82) is 0 Å². The molecule has 0 amide bonds. The van der Waals surface area contributed by atoms with E-state index in [0.29, 0.717) is 16.6 Å². The fourth-order valence-electron chi connectivity index (χ4n) is 3.33. The molecule has 20 heavy (non-hydrogen) atoms. The van der Waals surface area contributed by atoms with E-state index >= 15 is 0 Å². The van der Waals surface area contributed by atoms with E-state index in [1.807, 2.05) is 13.0 Å². The van der Waals surface area contributed by atoms with Crippen molar-refractivity contribution >= 4 is 20.1 Å². The molecule has 4 heteroatoms. The van der Waals surface area contributed by atoms with Crippen molar-refractivity contribution < 1.29 is 9.53 Å². The Labute approximate surface area is 129 Å². The smallest absolute Gasteiger partial charge is 0.258 e. The molecular weight excluding hydrogens is 284 g/mol. The summed E-state index contributed by atoms with van der Waals surface area (Å²) in [5.41, 5.74) is 1.71. The second-order valence-electron chi connectivity index (χ2n) is 6.56. The van der Waals surface area contributed by atoms with Crippen LogP contribution in [-0.2, 0) is 4.43 Å². The maximum absolute atomic E-state index is 9.76. The third-order valence-electron chi connectivity index (χ3n) is 4.23. The number of hydrogen-bond donors (Lipinski definition) is 1. The normalized spacial score (nSPS) is 18.4. The lowest BCUT2D eigenvalue weighted by atomic mass is 10.3. The molecule has 1 heterocycles. The molecule has 0 aromatic carbocycles. The van der Waals surface area contributed by atoms with Crippen molar-refractivity contribution in [2.75, 3.05) is 5.75 Å². The molecule has 1 aliphatic rings. The van der Waals surface area contributed by atoms with Crippen LogP contribution in [0, 0.1) is 0 Å². The number of allylic oxidation sites excluding steroid dienone is 1. The fraction of sp³-hybridized carbons (Fsp3) is 0.750. The summed E-state index contributed by atoms with van der Waals surface area (Å²) < 4.78 is 6.64. The Bertz CT molecular complexity index is 362. The highest BCUT2D eigenvalue weighted by atomic mass is 32.2. The summed E-state index contributed by atoms with van der Waals surface area (Å²) >= 11 is 1.70. The quantitative estimate of drug-likeness (QED) is 0.694. The predicted octanol–water partition coefficient (Wildman–Crippen LogP) is 5.07. The first-order chi connectivity index (χ1) is 9.21. The SMILES string of the molecule is CC(O)C1=CC(O[Si](C(C)C)(C(C)C)C(C)C)=CCS1. The van der Waals surface area contributed by atoms with Gasteiger partial charge >= 0.3 is 0 Å². The maximum Gasteiger partial charge on any atom is 0.258 e. The van der Waals surface area contributed by atoms with Crippen LogP contribution in [0.25, 0.3) is 0 Å². The molecule has 0 spiro atoms. The molecule has 1 N–H and O–H groups in total. The third-order valence-corrected chi connectivity index (χ3v) is 11.4. The first-order valence-electron chi connectivity index (χ1n) is 7.63. The third kappa shape index (κ3) is 3.71. The van der Waals surface area contributed by atoms with Gasteiger partial charge in [-0.3, -0.25) is 0 Å². The van der Waals surface area contributed by atoms with Gasteiger partial charge in [0.25, 0.3) is 8.32 Å². The molecule has 1 atom stereocenters. The average Bonchev–Trinajstić information content (AvgIpc) is 2.34. The molecular formula is C16H30O2SSi. The fourth-order valence-corrected chi connectivity index (χ4v) is 9.47. The maximum atomic E-state index is 9.76. The number of hydrogen-bond acceptors (Lipinski definition) is 3. The molecule has 0 aromatic rings. The minimum Gasteiger partial charge on any atom is -0.543 e. The molecule has 0 fully saturated rings. The molecule has 0 radical (unpaired) electrons. The van der Waals surface area contributed by atoms with Gasteiger partial charge in [-0.1, -0.05) is 41.5 Å². The van der Waals surface area contributed by atoms with Crippen LogP contribution in [0.4, 0.5) is 0 Å². The standard InChI is InChI=1S/C16H30O2SSi/c1-11(2)20(12(3)4,13(5)6)18-15-8-9-19-16(10-15)14(7)17/h8,10-14,17H,9H2,1-7H3. The molecule has 1 aliphatic heterocycles. The van der Waals surface area contributed by atoms with Crippen LogP contribution in [0.3, 0.4) is 0 Å². The first-order valence-corrected chi connectivity index (χ1v) is 10.8. The van der Waals surface area contributed by atoms with Crippen LogP contribution in [0.5, 0.6) is 0 Å². The molecule has 0 saturated heterocycles. The summed E-state index contributed by atoms with van der Waals surface area (Å²) in [5, 5.41) is 9.76. The summed E-state index contributed by atoms with van der Waals surface area (Å²) in [4.78, 5) is 1.02. The summed E-state index contributed by atoms with van der Waals surface area (Å²) in [6, 6.07) is 0. The Balaban J connectivity index is 3.05. The monoisotopic (exact) mass is 314 g/mol. The average molecular weight is 315 g/mol. The summed E-state index contributed by atoms with van der Waals surface area (Å²) in [5.74, 6) is 1.87. The van der Waals surface area contributed by atoms with Gasteiger partial charge in [-0.25, -0.2) is 0 Å². The molecule has 1 unspecified atom stereocenters. The van der Waals surface area contributed by atoms with Gasteiger partial charge in [0.15, 0.2) is 0 Å². The zero-order valence-electron chi connectivity index (χ0n) is 13.9. The van der Waals surface area contributed by atoms with Crippen LogP contribution in [0.15, 0.2) is 22.8 Å². The van der Waals surface area contributed by atoms with Crippen molar-refractivity contribution in [3.8, 4) is 0 Å². The van der Waals surface area contributed by atoms with Crippen LogP contribution in [0.2, 0.25) is 16.6 Å². The minimum absolute atomic E-state index is 0.402. The van der Waals surface area contributed by atoms with Gasteiger partial charge in [0, 0.05) is 10.7 Å². The Kier molecular flexibility index (Phi) is 6.42. The summed E-state index contributed by atoms with van der Waals surface area (Å²) in [6.45, 7) is 15.6. The Hall–Kier alpha value is -0.193. The molecule has 0 aliphatic carbocycles. The van der Waals surface area contributed by atoms with E-state index in [-0.39, 0.29) is 0 Å². The molecule has 2 nitrogen and oxygen atoms in total. The van der Waals surface area contributed by atoms with E-state index < -0.39 is 14.4 Å². The largest absolute Gasteiger partial charge is 0.543 e. The van der Waals surface area contributed by atoms with Crippen LogP contribution < -0.4 is 0 Å². The molecule has 1 rings (SSSR count). The Morgan fingerprint density at radius 2 is 1.55 bits per heavy atom. The first kappa shape index (κ1) is 17.9. The number of aliphatic hydroxyl groups is 1. The molecule has 0 saturated carbocycles. The second kappa shape index (κ2) is 7.19. The van der Waals surface area contributed by atoms with Gasteiger partial charge < -0.3 is 9.53 Å². The predicted molar refractivity (Wildman–Crippen MR) is 92.4 cm³/mol. The van der Waals surface area contributed by atoms with Crippen LogP contribution >= 0.6 is 11.8 Å². The molecule has 0 bridgehead atoms. The van der Waals surface area contributed by atoms with Gasteiger partial charge in [0.2, 0.25) is 0 Å². The van der Waals surface area contributed by atoms with E-state index in [9.17, 15) is 5.11 Å². The van der Waals surface area contributed by atoms with Crippen molar-refractivity contribution in [2.45, 2.75) is 71.2 Å². The zero-order valence-corrected chi connectivity index (χ0v) is 15.8. The highest BCUT2D eigenvalue weighted by Gasteiger charge is 2.47. The number of aliphatic hydroxyl groups excluding tert-OH is 1. The van der Waals surface area contributed by atoms with E-state index in [4.69, 9.17) is 4.43 Å². The highest BCUT2D eigenvalue weighted by molar-refractivity contribution is 8.03. The van der Waals surface area contributed by atoms with Gasteiger partial charge in [-0.05, 0) is 35.7 Å². The van der Waals surface area contributed by atoms with E-state index in [1.54, 1.807) is 11.8 Å². The van der Waals surface area contributed by atoms with Gasteiger partial charge in [-0.2, -0.15) is 0 Å². The lowest BCUT2D eigenvalue weighted by Gasteiger charge is -2.43.